The second-order valence-corrected chi connectivity index (χ2v) is 8.00. The quantitative estimate of drug-likeness (QED) is 0.248. The SMILES string of the molecule is Cn1cnnc1SCc1ccc(C(=O)N/N=C/c2ccc(-c3ccc(Cl)cc3)o2)cc1. The zero-order chi connectivity index (χ0) is 21.6. The Hall–Kier alpha value is -3.36. The van der Waals surface area contributed by atoms with E-state index < -0.39 is 0 Å². The number of nitrogens with zero attached hydrogens (tertiary/aromatic N) is 4. The van der Waals surface area contributed by atoms with Crippen LogP contribution in [-0.4, -0.2) is 26.9 Å². The van der Waals surface area contributed by atoms with Crippen LogP contribution in [0.3, 0.4) is 0 Å². The molecule has 9 heteroatoms. The molecule has 2 aromatic heterocycles. The van der Waals surface area contributed by atoms with Gasteiger partial charge in [-0.15, -0.1) is 10.2 Å². The zero-order valence-corrected chi connectivity index (χ0v) is 18.1. The summed E-state index contributed by atoms with van der Waals surface area (Å²) in [4.78, 5) is 12.3. The number of nitrogens with one attached hydrogen (secondary N) is 1. The van der Waals surface area contributed by atoms with Gasteiger partial charge in [-0.3, -0.25) is 4.79 Å². The van der Waals surface area contributed by atoms with Gasteiger partial charge in [0.25, 0.3) is 5.91 Å². The van der Waals surface area contributed by atoms with Gasteiger partial charge in [-0.2, -0.15) is 5.10 Å². The summed E-state index contributed by atoms with van der Waals surface area (Å²) in [5.41, 5.74) is 5.02. The van der Waals surface area contributed by atoms with Gasteiger partial charge < -0.3 is 8.98 Å². The van der Waals surface area contributed by atoms with E-state index in [9.17, 15) is 4.79 Å². The van der Waals surface area contributed by atoms with Gasteiger partial charge in [-0.25, -0.2) is 5.43 Å². The number of aryl methyl sites for hydroxylation is 1. The third kappa shape index (κ3) is 5.42. The normalized spacial score (nSPS) is 11.2. The van der Waals surface area contributed by atoms with Gasteiger partial charge in [0, 0.05) is 29.0 Å². The van der Waals surface area contributed by atoms with Crippen LogP contribution in [0.1, 0.15) is 21.7 Å². The number of furan rings is 1. The second kappa shape index (κ2) is 9.63. The molecule has 0 bridgehead atoms. The Bertz CT molecular complexity index is 1200. The van der Waals surface area contributed by atoms with Crippen molar-refractivity contribution in [1.29, 1.82) is 0 Å². The van der Waals surface area contributed by atoms with Crippen molar-refractivity contribution >= 4 is 35.5 Å². The van der Waals surface area contributed by atoms with Crippen molar-refractivity contribution in [2.45, 2.75) is 10.9 Å². The molecule has 4 rings (SSSR count). The van der Waals surface area contributed by atoms with Gasteiger partial charge in [-0.1, -0.05) is 35.5 Å². The summed E-state index contributed by atoms with van der Waals surface area (Å²) in [5, 5.41) is 13.4. The lowest BCUT2D eigenvalue weighted by molar-refractivity contribution is 0.0955. The van der Waals surface area contributed by atoms with E-state index >= 15 is 0 Å². The van der Waals surface area contributed by atoms with Gasteiger partial charge in [-0.05, 0) is 54.1 Å². The molecule has 0 radical (unpaired) electrons. The molecule has 2 aromatic carbocycles. The number of aromatic nitrogens is 3. The number of hydrazone groups is 1. The maximum Gasteiger partial charge on any atom is 0.271 e. The van der Waals surface area contributed by atoms with Crippen molar-refractivity contribution in [3.8, 4) is 11.3 Å². The van der Waals surface area contributed by atoms with Crippen LogP contribution in [0.5, 0.6) is 0 Å². The Kier molecular flexibility index (Phi) is 6.49. The summed E-state index contributed by atoms with van der Waals surface area (Å²) in [6, 6.07) is 18.3. The first-order chi connectivity index (χ1) is 15.1. The maximum atomic E-state index is 12.3. The number of thioether (sulfide) groups is 1. The highest BCUT2D eigenvalue weighted by molar-refractivity contribution is 7.98. The molecule has 0 spiro atoms. The average Bonchev–Trinajstić information content (AvgIpc) is 3.42. The zero-order valence-electron chi connectivity index (χ0n) is 16.5. The van der Waals surface area contributed by atoms with Crippen LogP contribution in [0.25, 0.3) is 11.3 Å². The molecule has 1 amide bonds. The first-order valence-corrected chi connectivity index (χ1v) is 10.7. The summed E-state index contributed by atoms with van der Waals surface area (Å²) >= 11 is 7.49. The summed E-state index contributed by atoms with van der Waals surface area (Å²) in [6.07, 6.45) is 3.13. The number of halogens is 1. The van der Waals surface area contributed by atoms with Gasteiger partial charge in [0.1, 0.15) is 17.8 Å². The van der Waals surface area contributed by atoms with Gasteiger partial charge in [0.15, 0.2) is 5.16 Å². The number of carbonyl (C=O) groups is 1. The molecule has 0 atom stereocenters. The predicted octanol–water partition coefficient (Wildman–Crippen LogP) is 4.78. The number of hydrogen-bond acceptors (Lipinski definition) is 6. The molecule has 0 fully saturated rings. The summed E-state index contributed by atoms with van der Waals surface area (Å²) in [7, 11) is 1.90. The lowest BCUT2D eigenvalue weighted by atomic mass is 10.1. The summed E-state index contributed by atoms with van der Waals surface area (Å²) in [6.45, 7) is 0. The maximum absolute atomic E-state index is 12.3. The number of benzene rings is 2. The van der Waals surface area contributed by atoms with Gasteiger partial charge >= 0.3 is 0 Å². The first kappa shape index (κ1) is 20.9. The fourth-order valence-corrected chi connectivity index (χ4v) is 3.68. The van der Waals surface area contributed by atoms with E-state index in [0.717, 1.165) is 22.0 Å². The van der Waals surface area contributed by atoms with Crippen molar-refractivity contribution in [2.24, 2.45) is 12.1 Å². The van der Waals surface area contributed by atoms with Crippen LogP contribution < -0.4 is 5.43 Å². The highest BCUT2D eigenvalue weighted by Gasteiger charge is 2.07. The highest BCUT2D eigenvalue weighted by atomic mass is 35.5. The lowest BCUT2D eigenvalue weighted by Crippen LogP contribution is -2.17. The van der Waals surface area contributed by atoms with E-state index in [0.29, 0.717) is 22.1 Å². The highest BCUT2D eigenvalue weighted by Crippen LogP contribution is 2.23. The molecular weight excluding hydrogens is 434 g/mol. The fraction of sp³-hybridized carbons (Fsp3) is 0.0909. The molecule has 0 aliphatic rings. The molecule has 7 nitrogen and oxygen atoms in total. The van der Waals surface area contributed by atoms with Crippen LogP contribution in [-0.2, 0) is 12.8 Å². The lowest BCUT2D eigenvalue weighted by Gasteiger charge is -2.03. The van der Waals surface area contributed by atoms with Crippen molar-refractivity contribution in [3.05, 3.63) is 88.9 Å². The largest absolute Gasteiger partial charge is 0.455 e. The molecular formula is C22H18ClN5O2S. The third-order valence-corrected chi connectivity index (χ3v) is 5.72. The van der Waals surface area contributed by atoms with E-state index in [1.54, 1.807) is 48.4 Å². The van der Waals surface area contributed by atoms with E-state index in [1.807, 2.05) is 41.9 Å². The number of rotatable bonds is 7. The van der Waals surface area contributed by atoms with Crippen molar-refractivity contribution in [1.82, 2.24) is 20.2 Å². The molecule has 1 N–H and O–H groups in total. The fourth-order valence-electron chi connectivity index (χ4n) is 2.71. The minimum Gasteiger partial charge on any atom is -0.455 e. The standard InChI is InChI=1S/C22H18ClN5O2S/c1-28-14-25-27-22(28)31-13-15-2-4-17(5-3-15)21(29)26-24-12-19-10-11-20(30-19)16-6-8-18(23)9-7-16/h2-12,14H,13H2,1H3,(H,26,29)/b24-12+. The molecule has 0 aliphatic heterocycles. The Balaban J connectivity index is 1.30. The van der Waals surface area contributed by atoms with Gasteiger partial charge in [0.05, 0.1) is 6.21 Å². The molecule has 156 valence electrons. The number of hydrogen-bond donors (Lipinski definition) is 1. The Morgan fingerprint density at radius 1 is 1.16 bits per heavy atom. The summed E-state index contributed by atoms with van der Waals surface area (Å²) in [5.74, 6) is 1.66. The van der Waals surface area contributed by atoms with E-state index in [1.165, 1.54) is 6.21 Å². The molecule has 31 heavy (non-hydrogen) atoms. The smallest absolute Gasteiger partial charge is 0.271 e. The predicted molar refractivity (Wildman–Crippen MR) is 121 cm³/mol. The van der Waals surface area contributed by atoms with Crippen LogP contribution in [0.15, 0.2) is 81.7 Å². The van der Waals surface area contributed by atoms with Crippen LogP contribution >= 0.6 is 23.4 Å². The molecule has 4 aromatic rings. The molecule has 0 aliphatic carbocycles. The summed E-state index contributed by atoms with van der Waals surface area (Å²) < 4.78 is 7.58. The van der Waals surface area contributed by atoms with E-state index in [-0.39, 0.29) is 5.91 Å². The second-order valence-electron chi connectivity index (χ2n) is 6.62. The Morgan fingerprint density at radius 2 is 1.94 bits per heavy atom. The number of amides is 1. The first-order valence-electron chi connectivity index (χ1n) is 9.33. The van der Waals surface area contributed by atoms with Crippen LogP contribution in [0.2, 0.25) is 5.02 Å². The van der Waals surface area contributed by atoms with Crippen LogP contribution in [0.4, 0.5) is 0 Å². The van der Waals surface area contributed by atoms with E-state index in [4.69, 9.17) is 16.0 Å². The monoisotopic (exact) mass is 451 g/mol. The van der Waals surface area contributed by atoms with Gasteiger partial charge in [0.2, 0.25) is 0 Å². The third-order valence-electron chi connectivity index (χ3n) is 4.37. The number of carbonyl (C=O) groups excluding carboxylic acids is 1. The van der Waals surface area contributed by atoms with Crippen molar-refractivity contribution in [2.75, 3.05) is 0 Å². The van der Waals surface area contributed by atoms with Crippen LogP contribution in [0, 0.1) is 0 Å². The topological polar surface area (TPSA) is 85.3 Å². The molecule has 0 saturated carbocycles. The minimum atomic E-state index is -0.298. The molecule has 2 heterocycles. The average molecular weight is 452 g/mol. The van der Waals surface area contributed by atoms with Crippen molar-refractivity contribution in [3.63, 3.8) is 0 Å². The molecule has 0 unspecified atom stereocenters. The minimum absolute atomic E-state index is 0.298. The van der Waals surface area contributed by atoms with Crippen molar-refractivity contribution < 1.29 is 9.21 Å². The Morgan fingerprint density at radius 3 is 2.65 bits per heavy atom. The Labute approximate surface area is 188 Å². The molecule has 0 saturated heterocycles. The van der Waals surface area contributed by atoms with E-state index in [2.05, 4.69) is 20.7 Å².